The molecule has 0 aliphatic rings. The van der Waals surface area contributed by atoms with E-state index in [1.54, 1.807) is 26.1 Å². The minimum absolute atomic E-state index is 0.216. The van der Waals surface area contributed by atoms with Crippen molar-refractivity contribution in [3.8, 4) is 0 Å². The van der Waals surface area contributed by atoms with Gasteiger partial charge in [0.2, 0.25) is 0 Å². The van der Waals surface area contributed by atoms with Crippen molar-refractivity contribution in [3.63, 3.8) is 0 Å². The Morgan fingerprint density at radius 3 is 2.18 bits per heavy atom. The smallest absolute Gasteiger partial charge is 0.159 e. The minimum atomic E-state index is -0.780. The van der Waals surface area contributed by atoms with Crippen LogP contribution in [0.15, 0.2) is 41.7 Å². The summed E-state index contributed by atoms with van der Waals surface area (Å²) in [6.45, 7) is 14.1. The molecule has 2 heterocycles. The molecule has 0 radical (unpaired) electrons. The number of aromatic nitrogens is 3. The number of unbranched alkanes of at least 4 members (excludes halogenated alkanes) is 1. The number of aryl methyl sites for hydroxylation is 3. The molecule has 0 fully saturated rings. The van der Waals surface area contributed by atoms with Crippen molar-refractivity contribution in [2.45, 2.75) is 87.0 Å². The lowest BCUT2D eigenvalue weighted by atomic mass is 9.97. The monoisotopic (exact) mass is 548 g/mol. The van der Waals surface area contributed by atoms with Crippen LogP contribution in [-0.2, 0) is 6.42 Å². The molecule has 0 saturated heterocycles. The van der Waals surface area contributed by atoms with Gasteiger partial charge in [-0.1, -0.05) is 77.5 Å². The average Bonchev–Trinajstić information content (AvgIpc) is 2.90. The maximum Gasteiger partial charge on any atom is 0.159 e. The van der Waals surface area contributed by atoms with Gasteiger partial charge in [0.25, 0.3) is 0 Å². The molecule has 0 unspecified atom stereocenters. The molecule has 0 saturated carbocycles. The third-order valence-electron chi connectivity index (χ3n) is 6.07. The summed E-state index contributed by atoms with van der Waals surface area (Å²) < 4.78 is 37.8. The van der Waals surface area contributed by atoms with Crippen LogP contribution in [0.1, 0.15) is 89.4 Å². The molecule has 8 heteroatoms. The first kappa shape index (κ1) is 33.2. The number of nitrogens with zero attached hydrogens (tertiary/aromatic N) is 4. The van der Waals surface area contributed by atoms with E-state index in [9.17, 15) is 13.2 Å². The van der Waals surface area contributed by atoms with Crippen LogP contribution in [0.4, 0.5) is 18.9 Å². The van der Waals surface area contributed by atoms with Crippen LogP contribution < -0.4 is 0 Å². The van der Waals surface area contributed by atoms with E-state index in [4.69, 9.17) is 11.6 Å². The molecule has 38 heavy (non-hydrogen) atoms. The summed E-state index contributed by atoms with van der Waals surface area (Å²) in [4.78, 5) is 16.4. The van der Waals surface area contributed by atoms with Gasteiger partial charge in [0.05, 0.1) is 18.1 Å². The Morgan fingerprint density at radius 1 is 0.947 bits per heavy atom. The maximum absolute atomic E-state index is 13.2. The van der Waals surface area contributed by atoms with E-state index < -0.39 is 17.5 Å². The lowest BCUT2D eigenvalue weighted by Gasteiger charge is -2.09. The fraction of sp³-hybridized carbons (Fsp3) is 0.467. The SMILES string of the molecule is CC(=Nc1cnc(C)nc1C)c1cc(F)cnc1Cl.CCCCC(CC)CC.CCc1ccc(F)c(F)c1. The molecule has 3 aromatic rings. The second kappa shape index (κ2) is 17.7. The van der Waals surface area contributed by atoms with Crippen LogP contribution in [0.5, 0.6) is 0 Å². The largest absolute Gasteiger partial charge is 0.249 e. The zero-order valence-electron chi connectivity index (χ0n) is 23.6. The number of benzene rings is 1. The van der Waals surface area contributed by atoms with Gasteiger partial charge >= 0.3 is 0 Å². The Balaban J connectivity index is 0.000000320. The van der Waals surface area contributed by atoms with Gasteiger partial charge in [-0.2, -0.15) is 0 Å². The van der Waals surface area contributed by atoms with Crippen molar-refractivity contribution in [1.82, 2.24) is 15.0 Å². The number of hydrogen-bond acceptors (Lipinski definition) is 4. The fourth-order valence-corrected chi connectivity index (χ4v) is 3.79. The number of hydrogen-bond donors (Lipinski definition) is 0. The maximum atomic E-state index is 13.2. The molecule has 1 aromatic carbocycles. The van der Waals surface area contributed by atoms with E-state index in [2.05, 4.69) is 40.7 Å². The molecule has 0 bridgehead atoms. The first-order valence-electron chi connectivity index (χ1n) is 13.2. The average molecular weight is 549 g/mol. The van der Waals surface area contributed by atoms with Crippen LogP contribution >= 0.6 is 11.6 Å². The third kappa shape index (κ3) is 11.7. The van der Waals surface area contributed by atoms with Crippen LogP contribution in [0.2, 0.25) is 5.15 Å². The summed E-state index contributed by atoms with van der Waals surface area (Å²) in [5.41, 5.74) is 3.23. The molecular formula is C30H40ClF3N4. The van der Waals surface area contributed by atoms with Crippen molar-refractivity contribution >= 4 is 23.0 Å². The minimum Gasteiger partial charge on any atom is -0.249 e. The van der Waals surface area contributed by atoms with Crippen molar-refractivity contribution in [2.24, 2.45) is 10.9 Å². The summed E-state index contributed by atoms with van der Waals surface area (Å²) in [6, 6.07) is 5.25. The highest BCUT2D eigenvalue weighted by atomic mass is 35.5. The highest BCUT2D eigenvalue weighted by molar-refractivity contribution is 6.33. The van der Waals surface area contributed by atoms with Gasteiger partial charge in [-0.3, -0.25) is 0 Å². The molecule has 0 amide bonds. The van der Waals surface area contributed by atoms with Crippen LogP contribution in [-0.4, -0.2) is 20.7 Å². The molecular weight excluding hydrogens is 509 g/mol. The summed E-state index contributed by atoms with van der Waals surface area (Å²) in [7, 11) is 0. The van der Waals surface area contributed by atoms with Crippen molar-refractivity contribution < 1.29 is 13.2 Å². The standard InChI is InChI=1S/C13H12ClFN4.C9H20.C8H8F2/c1-7(11-4-10(15)5-17-13(11)14)19-12-6-16-9(3)18-8(12)2;1-4-7-8-9(5-2)6-3;1-2-6-3-4-7(9)8(10)5-6/h4-6H,1-3H3;9H,4-8H2,1-3H3;3-5H,2H2,1H3. The summed E-state index contributed by atoms with van der Waals surface area (Å²) in [5.74, 6) is -0.313. The Kier molecular flexibility index (Phi) is 15.4. The summed E-state index contributed by atoms with van der Waals surface area (Å²) >= 11 is 5.93. The first-order chi connectivity index (χ1) is 18.1. The summed E-state index contributed by atoms with van der Waals surface area (Å²) in [6.07, 6.45) is 10.4. The zero-order valence-corrected chi connectivity index (χ0v) is 24.3. The van der Waals surface area contributed by atoms with E-state index in [1.807, 2.05) is 13.8 Å². The molecule has 0 aliphatic carbocycles. The quantitative estimate of drug-likeness (QED) is 0.208. The normalized spacial score (nSPS) is 11.0. The predicted octanol–water partition coefficient (Wildman–Crippen LogP) is 9.56. The molecule has 0 atom stereocenters. The molecule has 2 aromatic heterocycles. The molecule has 0 spiro atoms. The number of aliphatic imine (C=N–C) groups is 1. The van der Waals surface area contributed by atoms with Gasteiger partial charge in [0.1, 0.15) is 22.5 Å². The highest BCUT2D eigenvalue weighted by Gasteiger charge is 2.08. The van der Waals surface area contributed by atoms with Crippen LogP contribution in [0, 0.1) is 37.2 Å². The van der Waals surface area contributed by atoms with E-state index in [0.29, 0.717) is 22.8 Å². The Bertz CT molecular complexity index is 1160. The molecule has 3 rings (SSSR count). The zero-order chi connectivity index (χ0) is 28.7. The topological polar surface area (TPSA) is 51.0 Å². The third-order valence-corrected chi connectivity index (χ3v) is 6.37. The predicted molar refractivity (Wildman–Crippen MR) is 152 cm³/mol. The second-order valence-corrected chi connectivity index (χ2v) is 9.36. The van der Waals surface area contributed by atoms with Crippen LogP contribution in [0.25, 0.3) is 0 Å². The lowest BCUT2D eigenvalue weighted by molar-refractivity contribution is 0.438. The van der Waals surface area contributed by atoms with Gasteiger partial charge in [-0.05, 0) is 56.9 Å². The van der Waals surface area contributed by atoms with Gasteiger partial charge in [0.15, 0.2) is 11.6 Å². The molecule has 208 valence electrons. The highest BCUT2D eigenvalue weighted by Crippen LogP contribution is 2.20. The Morgan fingerprint density at radius 2 is 1.63 bits per heavy atom. The van der Waals surface area contributed by atoms with Gasteiger partial charge in [-0.15, -0.1) is 0 Å². The Hall–Kier alpha value is -2.80. The van der Waals surface area contributed by atoms with Gasteiger partial charge in [0, 0.05) is 11.3 Å². The van der Waals surface area contributed by atoms with Gasteiger partial charge < -0.3 is 0 Å². The van der Waals surface area contributed by atoms with E-state index in [0.717, 1.165) is 35.9 Å². The van der Waals surface area contributed by atoms with E-state index in [1.165, 1.54) is 44.2 Å². The molecule has 0 aliphatic heterocycles. The second-order valence-electron chi connectivity index (χ2n) is 9.00. The van der Waals surface area contributed by atoms with Crippen LogP contribution in [0.3, 0.4) is 0 Å². The molecule has 4 nitrogen and oxygen atoms in total. The van der Waals surface area contributed by atoms with Crippen molar-refractivity contribution in [1.29, 1.82) is 0 Å². The Labute approximate surface area is 230 Å². The summed E-state index contributed by atoms with van der Waals surface area (Å²) in [5, 5.41) is 0.216. The van der Waals surface area contributed by atoms with E-state index in [-0.39, 0.29) is 5.15 Å². The van der Waals surface area contributed by atoms with Gasteiger partial charge in [-0.25, -0.2) is 33.1 Å². The lowest BCUT2D eigenvalue weighted by Crippen LogP contribution is -1.99. The van der Waals surface area contributed by atoms with E-state index >= 15 is 0 Å². The van der Waals surface area contributed by atoms with Crippen molar-refractivity contribution in [3.05, 3.63) is 81.9 Å². The fourth-order valence-electron chi connectivity index (χ4n) is 3.55. The number of rotatable bonds is 8. The number of halogens is 4. The number of pyridine rings is 1. The molecule has 0 N–H and O–H groups in total. The first-order valence-corrected chi connectivity index (χ1v) is 13.5. The van der Waals surface area contributed by atoms with Crippen molar-refractivity contribution in [2.75, 3.05) is 0 Å².